The Morgan fingerprint density at radius 1 is 0.543 bits per heavy atom. The molecule has 12 aromatic heterocycles. The van der Waals surface area contributed by atoms with Gasteiger partial charge in [0.25, 0.3) is 0 Å². The molecule has 12 aromatic rings. The molecule has 20 nitrogen and oxygen atoms in total. The molecule has 7 N–H and O–H groups in total. The van der Waals surface area contributed by atoms with Crippen LogP contribution < -0.4 is 17.2 Å². The van der Waals surface area contributed by atoms with Crippen LogP contribution in [0, 0.1) is 41.5 Å². The molecule has 0 bridgehead atoms. The van der Waals surface area contributed by atoms with Gasteiger partial charge in [0.15, 0.2) is 11.3 Å². The molecule has 0 aliphatic carbocycles. The number of aromatic nitrogens is 11. The van der Waals surface area contributed by atoms with Gasteiger partial charge in [0.2, 0.25) is 17.7 Å². The van der Waals surface area contributed by atoms with E-state index in [1.807, 2.05) is 49.2 Å². The van der Waals surface area contributed by atoms with E-state index in [1.165, 1.54) is 85.2 Å². The van der Waals surface area contributed by atoms with Gasteiger partial charge in [0, 0.05) is 128 Å². The molecule has 3 saturated heterocycles. The highest BCUT2D eigenvalue weighted by Crippen LogP contribution is 2.54. The van der Waals surface area contributed by atoms with Crippen LogP contribution in [0.3, 0.4) is 0 Å². The number of likely N-dealkylation sites (tertiary alicyclic amines) is 3. The highest BCUT2D eigenvalue weighted by molar-refractivity contribution is 7.19. The largest absolute Gasteiger partial charge is 0.369 e. The zero-order valence-electron chi connectivity index (χ0n) is 55.3. The van der Waals surface area contributed by atoms with Crippen LogP contribution in [-0.4, -0.2) is 144 Å². The van der Waals surface area contributed by atoms with E-state index in [2.05, 4.69) is 156 Å². The van der Waals surface area contributed by atoms with Crippen molar-refractivity contribution in [1.29, 1.82) is 0 Å². The van der Waals surface area contributed by atoms with Crippen molar-refractivity contribution in [3.63, 3.8) is 0 Å². The Balaban J connectivity index is 0.951. The number of pyridine rings is 3. The van der Waals surface area contributed by atoms with Crippen LogP contribution in [0.2, 0.25) is 0 Å². The number of carbonyl (C=O) groups excluding carboxylic acids is 3. The van der Waals surface area contributed by atoms with Crippen molar-refractivity contribution in [2.75, 3.05) is 58.9 Å². The first kappa shape index (κ1) is 62.1. The van der Waals surface area contributed by atoms with Gasteiger partial charge in [-0.25, -0.2) is 24.0 Å². The molecule has 3 aliphatic rings. The van der Waals surface area contributed by atoms with Crippen LogP contribution in [0.5, 0.6) is 0 Å². The number of H-pyrrole nitrogens is 1. The molecule has 94 heavy (non-hydrogen) atoms. The number of rotatable bonds is 19. The summed E-state index contributed by atoms with van der Waals surface area (Å²) in [6, 6.07) is 6.92. The highest BCUT2D eigenvalue weighted by Gasteiger charge is 2.38. The summed E-state index contributed by atoms with van der Waals surface area (Å²) in [7, 11) is 0. The number of thiophene rings is 3. The summed E-state index contributed by atoms with van der Waals surface area (Å²) in [5, 5.41) is 13.4. The first-order valence-electron chi connectivity index (χ1n) is 33.2. The molecule has 3 aliphatic heterocycles. The monoisotopic (exact) mass is 1320 g/mol. The van der Waals surface area contributed by atoms with E-state index in [0.29, 0.717) is 25.6 Å². The Bertz CT molecular complexity index is 5010. The molecule has 15 rings (SSSR count). The molecule has 0 aromatic carbocycles. The van der Waals surface area contributed by atoms with Gasteiger partial charge in [-0.2, -0.15) is 10.2 Å². The topological polar surface area (TPSA) is 242 Å². The van der Waals surface area contributed by atoms with Crippen molar-refractivity contribution in [2.24, 2.45) is 17.2 Å². The van der Waals surface area contributed by atoms with E-state index in [-0.39, 0.29) is 60.4 Å². The summed E-state index contributed by atoms with van der Waals surface area (Å²) in [6.07, 6.45) is 17.7. The summed E-state index contributed by atoms with van der Waals surface area (Å²) in [6.45, 7) is 30.0. The molecule has 3 fully saturated rings. The number of aryl methyl sites for hydroxylation is 6. The Labute approximate surface area is 557 Å². The van der Waals surface area contributed by atoms with Crippen molar-refractivity contribution < 1.29 is 14.4 Å². The summed E-state index contributed by atoms with van der Waals surface area (Å²) >= 11 is 5.75. The number of fused-ring (bicyclic) bond motifs is 6. The fraction of sp³-hybridized carbons (Fsp3) is 0.437. The second-order valence-electron chi connectivity index (χ2n) is 27.8. The summed E-state index contributed by atoms with van der Waals surface area (Å²) in [5.74, 6) is 0.0668. The maximum absolute atomic E-state index is 12.5. The van der Waals surface area contributed by atoms with Gasteiger partial charge in [0.1, 0.15) is 32.8 Å². The van der Waals surface area contributed by atoms with E-state index in [0.717, 1.165) is 126 Å². The van der Waals surface area contributed by atoms with E-state index in [1.54, 1.807) is 12.7 Å². The number of imidazole rings is 1. The van der Waals surface area contributed by atoms with Gasteiger partial charge in [-0.15, -0.1) is 34.0 Å². The van der Waals surface area contributed by atoms with Gasteiger partial charge in [-0.1, -0.05) is 27.7 Å². The molecule has 488 valence electrons. The summed E-state index contributed by atoms with van der Waals surface area (Å²) in [5.41, 5.74) is 37.8. The molecule has 3 unspecified atom stereocenters. The summed E-state index contributed by atoms with van der Waals surface area (Å²) in [4.78, 5) is 69.5. The van der Waals surface area contributed by atoms with Crippen LogP contribution in [0.1, 0.15) is 154 Å². The molecular formula is C71H83N17O3S3. The lowest BCUT2D eigenvalue weighted by molar-refractivity contribution is -0.120. The Kier molecular flexibility index (Phi) is 15.8. The average Bonchev–Trinajstić information content (AvgIpc) is 1.56. The van der Waals surface area contributed by atoms with Crippen LogP contribution >= 0.6 is 34.0 Å². The number of primary amides is 3. The number of hydrogen-bond donors (Lipinski definition) is 4. The highest BCUT2D eigenvalue weighted by atomic mass is 32.1. The van der Waals surface area contributed by atoms with Crippen LogP contribution in [0.15, 0.2) is 61.8 Å². The van der Waals surface area contributed by atoms with Crippen LogP contribution in [0.25, 0.3) is 81.4 Å². The van der Waals surface area contributed by atoms with Crippen molar-refractivity contribution in [2.45, 2.75) is 144 Å². The first-order chi connectivity index (χ1) is 45.2. The Morgan fingerprint density at radius 3 is 1.57 bits per heavy atom. The number of hydrogen-bond acceptors (Lipinski definition) is 14. The molecule has 23 heteroatoms. The average molecular weight is 1320 g/mol. The van der Waals surface area contributed by atoms with Crippen molar-refractivity contribution >= 4 is 99.3 Å². The molecule has 0 spiro atoms. The van der Waals surface area contributed by atoms with E-state index >= 15 is 0 Å². The normalized spacial score (nSPS) is 18.0. The third-order valence-corrected chi connectivity index (χ3v) is 25.2. The third-order valence-electron chi connectivity index (χ3n) is 20.9. The molecule has 4 atom stereocenters. The van der Waals surface area contributed by atoms with Gasteiger partial charge in [-0.05, 0) is 174 Å². The number of piperidine rings is 1. The maximum Gasteiger partial charge on any atom is 0.231 e. The number of nitrogens with one attached hydrogen (secondary N) is 1. The van der Waals surface area contributed by atoms with Crippen molar-refractivity contribution in [3.05, 3.63) is 127 Å². The SMILES string of the molecule is Cc1c([C@H]2CCN(CC(N)=O)C2)sc2[nH]c(-c3cc(C)c4ncnn4c3)c(C(C)Cn3c(-c4cc(C)c5ncnn5c4)c(C(C)Cn4c(-c5cc(C)c6nccn6c5)c(C(C)C)c5c(C)c(C6CCN(CC(N)=O)CC6)sc54)c4c(C)c(C5CCN(CC(N)=O)C5)sc43)c12. The number of nitrogens with two attached hydrogens (primary N) is 3. The Morgan fingerprint density at radius 2 is 1.00 bits per heavy atom. The second-order valence-corrected chi connectivity index (χ2v) is 30.9. The Hall–Kier alpha value is -8.06. The lowest BCUT2D eigenvalue weighted by Crippen LogP contribution is -2.39. The zero-order chi connectivity index (χ0) is 65.4. The van der Waals surface area contributed by atoms with Gasteiger partial charge in [-0.3, -0.25) is 29.1 Å². The second kappa shape index (κ2) is 24.0. The molecular weight excluding hydrogens is 1240 g/mol. The number of aromatic amines is 1. The molecule has 15 heterocycles. The lowest BCUT2D eigenvalue weighted by atomic mass is 9.90. The minimum Gasteiger partial charge on any atom is -0.369 e. The molecule has 0 saturated carbocycles. The molecule has 3 amide bonds. The number of carbonyl (C=O) groups is 3. The minimum atomic E-state index is -0.303. The smallest absolute Gasteiger partial charge is 0.231 e. The van der Waals surface area contributed by atoms with E-state index < -0.39 is 0 Å². The van der Waals surface area contributed by atoms with Gasteiger partial charge >= 0.3 is 0 Å². The fourth-order valence-electron chi connectivity index (χ4n) is 16.8. The van der Waals surface area contributed by atoms with E-state index in [4.69, 9.17) is 32.3 Å². The lowest BCUT2D eigenvalue weighted by Gasteiger charge is -2.31. The zero-order valence-corrected chi connectivity index (χ0v) is 57.8. The van der Waals surface area contributed by atoms with Crippen LogP contribution in [-0.2, 0) is 27.5 Å². The van der Waals surface area contributed by atoms with Crippen molar-refractivity contribution in [3.8, 4) is 33.8 Å². The number of amides is 3. The third kappa shape index (κ3) is 10.6. The molecule has 0 radical (unpaired) electrons. The van der Waals surface area contributed by atoms with E-state index in [9.17, 15) is 14.4 Å². The number of nitrogens with zero attached hydrogens (tertiary/aromatic N) is 13. The predicted molar refractivity (Wildman–Crippen MR) is 377 cm³/mol. The quantitative estimate of drug-likeness (QED) is 0.0593. The standard InChI is InChI=1S/C71H83N17O3S3/c1-36(2)54-58-43(9)63(45-11-16-81(17-12-45)31-51(72)89)93-70(58)85(61(54)49-22-37(3)66-75-15-20-84(66)28-49)25-41(7)56-59-44(10)65(47-14-19-83(27-47)33-53(74)91)94-71(59)86(62(56)50-23-39(5)68-77-35-79-88(68)30-50)24-40(6)55-57-42(8)64(46-13-18-82(26-46)32-52(73)90)92-69(57)80-60(55)48-21-38(4)67-76-34-78-87(67)29-48/h15,20-23,28-30,34-36,40-41,45-47,80H,11-14,16-19,24-27,31-33H2,1-10H3,(H2,72,89)(H2,73,90)(H2,74,91)/t40?,41?,46-,47?/m0/s1. The van der Waals surface area contributed by atoms with Crippen molar-refractivity contribution in [1.82, 2.24) is 67.4 Å². The van der Waals surface area contributed by atoms with Crippen LogP contribution in [0.4, 0.5) is 0 Å². The summed E-state index contributed by atoms with van der Waals surface area (Å²) < 4.78 is 11.4. The minimum absolute atomic E-state index is 0.0514. The maximum atomic E-state index is 12.5. The van der Waals surface area contributed by atoms with Gasteiger partial charge < -0.3 is 35.7 Å². The fourth-order valence-corrected chi connectivity index (χ4v) is 21.2. The van der Waals surface area contributed by atoms with Gasteiger partial charge in [0.05, 0.1) is 36.7 Å². The predicted octanol–water partition coefficient (Wildman–Crippen LogP) is 11.8. The first-order valence-corrected chi connectivity index (χ1v) is 35.6.